The van der Waals surface area contributed by atoms with E-state index < -0.39 is 0 Å². The molecule has 0 bridgehead atoms. The van der Waals surface area contributed by atoms with E-state index in [9.17, 15) is 0 Å². The minimum Gasteiger partial charge on any atom is -0.439 e. The molecule has 1 aromatic carbocycles. The van der Waals surface area contributed by atoms with E-state index >= 15 is 0 Å². The molecule has 3 N–H and O–H groups in total. The van der Waals surface area contributed by atoms with Crippen molar-refractivity contribution >= 4 is 23.5 Å². The Morgan fingerprint density at radius 1 is 1.38 bits per heavy atom. The molecule has 5 heteroatoms. The second-order valence-electron chi connectivity index (χ2n) is 3.49. The average molecular weight is 243 g/mol. The monoisotopic (exact) mass is 242 g/mol. The Balaban J connectivity index is 0.00000128. The summed E-state index contributed by atoms with van der Waals surface area (Å²) < 4.78 is 5.51. The minimum absolute atomic E-state index is 0. The quantitative estimate of drug-likeness (QED) is 0.861. The number of hydrogen-bond acceptors (Lipinski definition) is 4. The maximum absolute atomic E-state index is 8.70. The molecule has 1 unspecified atom stereocenters. The van der Waals surface area contributed by atoms with Gasteiger partial charge in [-0.3, -0.25) is 0 Å². The van der Waals surface area contributed by atoms with Crippen LogP contribution in [0.2, 0.25) is 0 Å². The molecule has 1 heterocycles. The van der Waals surface area contributed by atoms with Gasteiger partial charge in [0.1, 0.15) is 5.52 Å². The van der Waals surface area contributed by atoms with E-state index in [2.05, 4.69) is 4.98 Å². The predicted octanol–water partition coefficient (Wildman–Crippen LogP) is 2.02. The van der Waals surface area contributed by atoms with Gasteiger partial charge in [0, 0.05) is 6.61 Å². The Labute approximate surface area is 99.9 Å². The van der Waals surface area contributed by atoms with E-state index in [0.29, 0.717) is 18.7 Å². The van der Waals surface area contributed by atoms with Crippen LogP contribution in [-0.2, 0) is 0 Å². The number of aliphatic hydroxyl groups excluding tert-OH is 1. The number of nitrogens with two attached hydrogens (primary N) is 1. The van der Waals surface area contributed by atoms with E-state index in [-0.39, 0.29) is 25.1 Å². The van der Waals surface area contributed by atoms with Crippen molar-refractivity contribution in [1.29, 1.82) is 0 Å². The Morgan fingerprint density at radius 2 is 2.12 bits per heavy atom. The number of nitrogens with zero attached hydrogens (tertiary/aromatic N) is 1. The van der Waals surface area contributed by atoms with Gasteiger partial charge in [0.05, 0.1) is 6.04 Å². The number of halogens is 1. The van der Waals surface area contributed by atoms with Crippen LogP contribution in [0.15, 0.2) is 28.7 Å². The third kappa shape index (κ3) is 2.72. The number of aromatic nitrogens is 1. The number of rotatable bonds is 4. The summed E-state index contributed by atoms with van der Waals surface area (Å²) in [5.74, 6) is 0.546. The molecule has 0 amide bonds. The molecule has 4 nitrogen and oxygen atoms in total. The van der Waals surface area contributed by atoms with Gasteiger partial charge in [-0.25, -0.2) is 4.98 Å². The molecule has 0 aliphatic carbocycles. The van der Waals surface area contributed by atoms with Crippen molar-refractivity contribution in [3.8, 4) is 0 Å². The van der Waals surface area contributed by atoms with Gasteiger partial charge in [0.2, 0.25) is 5.89 Å². The fraction of sp³-hybridized carbons (Fsp3) is 0.364. The molecule has 1 aromatic heterocycles. The molecule has 0 radical (unpaired) electrons. The molecule has 1 atom stereocenters. The van der Waals surface area contributed by atoms with Crippen LogP contribution in [0, 0.1) is 0 Å². The summed E-state index contributed by atoms with van der Waals surface area (Å²) in [6, 6.07) is 7.33. The van der Waals surface area contributed by atoms with Crippen molar-refractivity contribution in [3.63, 3.8) is 0 Å². The summed E-state index contributed by atoms with van der Waals surface area (Å²) >= 11 is 0. The third-order valence-corrected chi connectivity index (χ3v) is 2.30. The van der Waals surface area contributed by atoms with Crippen LogP contribution >= 0.6 is 12.4 Å². The van der Waals surface area contributed by atoms with Gasteiger partial charge >= 0.3 is 0 Å². The standard InChI is InChI=1S/C11H14N2O2.ClH/c12-8(4-3-7-14)11-13-9-5-1-2-6-10(9)15-11;/h1-2,5-6,8,14H,3-4,7,12H2;1H. The number of oxazole rings is 1. The zero-order valence-corrected chi connectivity index (χ0v) is 9.61. The van der Waals surface area contributed by atoms with Crippen molar-refractivity contribution in [3.05, 3.63) is 30.2 Å². The van der Waals surface area contributed by atoms with Gasteiger partial charge in [0.15, 0.2) is 5.58 Å². The van der Waals surface area contributed by atoms with Gasteiger partial charge in [0.25, 0.3) is 0 Å². The molecular formula is C11H15ClN2O2. The number of fused-ring (bicyclic) bond motifs is 1. The highest BCUT2D eigenvalue weighted by Gasteiger charge is 2.12. The van der Waals surface area contributed by atoms with Crippen LogP contribution in [0.5, 0.6) is 0 Å². The first kappa shape index (κ1) is 13.0. The summed E-state index contributed by atoms with van der Waals surface area (Å²) in [7, 11) is 0. The Morgan fingerprint density at radius 3 is 2.81 bits per heavy atom. The molecule has 88 valence electrons. The van der Waals surface area contributed by atoms with Crippen molar-refractivity contribution in [2.45, 2.75) is 18.9 Å². The van der Waals surface area contributed by atoms with E-state index in [1.54, 1.807) is 0 Å². The van der Waals surface area contributed by atoms with Gasteiger partial charge in [-0.05, 0) is 25.0 Å². The van der Waals surface area contributed by atoms with Gasteiger partial charge in [-0.1, -0.05) is 12.1 Å². The van der Waals surface area contributed by atoms with Gasteiger partial charge in [-0.2, -0.15) is 0 Å². The Hall–Kier alpha value is -1.10. The first-order valence-electron chi connectivity index (χ1n) is 5.03. The molecule has 2 rings (SSSR count). The number of hydrogen-bond donors (Lipinski definition) is 2. The highest BCUT2D eigenvalue weighted by Crippen LogP contribution is 2.20. The van der Waals surface area contributed by atoms with Crippen LogP contribution in [0.3, 0.4) is 0 Å². The highest BCUT2D eigenvalue weighted by atomic mass is 35.5. The molecule has 0 aliphatic heterocycles. The first-order chi connectivity index (χ1) is 7.31. The lowest BCUT2D eigenvalue weighted by atomic mass is 10.2. The molecule has 0 fully saturated rings. The van der Waals surface area contributed by atoms with Crippen LogP contribution in [0.1, 0.15) is 24.8 Å². The minimum atomic E-state index is -0.232. The number of aliphatic hydroxyl groups is 1. The number of benzene rings is 1. The predicted molar refractivity (Wildman–Crippen MR) is 64.5 cm³/mol. The van der Waals surface area contributed by atoms with Gasteiger partial charge in [-0.15, -0.1) is 12.4 Å². The Bertz CT molecular complexity index is 411. The fourth-order valence-corrected chi connectivity index (χ4v) is 1.48. The van der Waals surface area contributed by atoms with Crippen LogP contribution in [-0.4, -0.2) is 16.7 Å². The normalized spacial score (nSPS) is 12.4. The summed E-state index contributed by atoms with van der Waals surface area (Å²) in [6.45, 7) is 0.147. The number of para-hydroxylation sites is 2. The Kier molecular flexibility index (Phi) is 4.73. The molecule has 0 aliphatic rings. The summed E-state index contributed by atoms with van der Waals surface area (Å²) in [5, 5.41) is 8.70. The second-order valence-corrected chi connectivity index (χ2v) is 3.49. The van der Waals surface area contributed by atoms with Crippen LogP contribution in [0.4, 0.5) is 0 Å². The maximum atomic E-state index is 8.70. The third-order valence-electron chi connectivity index (χ3n) is 2.30. The summed E-state index contributed by atoms with van der Waals surface area (Å²) in [4.78, 5) is 4.29. The molecule has 0 saturated heterocycles. The zero-order valence-electron chi connectivity index (χ0n) is 8.80. The summed E-state index contributed by atoms with van der Waals surface area (Å²) in [5.41, 5.74) is 7.46. The van der Waals surface area contributed by atoms with Crippen LogP contribution < -0.4 is 5.73 Å². The van der Waals surface area contributed by atoms with Crippen LogP contribution in [0.25, 0.3) is 11.1 Å². The zero-order chi connectivity index (χ0) is 10.7. The van der Waals surface area contributed by atoms with E-state index in [0.717, 1.165) is 11.1 Å². The topological polar surface area (TPSA) is 72.3 Å². The van der Waals surface area contributed by atoms with E-state index in [1.807, 2.05) is 24.3 Å². The molecule has 0 saturated carbocycles. The molecule has 16 heavy (non-hydrogen) atoms. The maximum Gasteiger partial charge on any atom is 0.212 e. The summed E-state index contributed by atoms with van der Waals surface area (Å²) in [6.07, 6.45) is 1.35. The van der Waals surface area contributed by atoms with Crippen molar-refractivity contribution < 1.29 is 9.52 Å². The lowest BCUT2D eigenvalue weighted by Gasteiger charge is -2.04. The van der Waals surface area contributed by atoms with Crippen molar-refractivity contribution in [2.75, 3.05) is 6.61 Å². The first-order valence-corrected chi connectivity index (χ1v) is 5.03. The van der Waals surface area contributed by atoms with E-state index in [4.69, 9.17) is 15.3 Å². The smallest absolute Gasteiger partial charge is 0.212 e. The fourth-order valence-electron chi connectivity index (χ4n) is 1.48. The largest absolute Gasteiger partial charge is 0.439 e. The van der Waals surface area contributed by atoms with E-state index in [1.165, 1.54) is 0 Å². The van der Waals surface area contributed by atoms with Crippen molar-refractivity contribution in [1.82, 2.24) is 4.98 Å². The highest BCUT2D eigenvalue weighted by molar-refractivity contribution is 5.85. The lowest BCUT2D eigenvalue weighted by Crippen LogP contribution is -2.10. The molecule has 2 aromatic rings. The average Bonchev–Trinajstić information content (AvgIpc) is 2.69. The van der Waals surface area contributed by atoms with Gasteiger partial charge < -0.3 is 15.3 Å². The SMILES string of the molecule is Cl.NC(CCCO)c1nc2ccccc2o1. The molecule has 0 spiro atoms. The van der Waals surface area contributed by atoms with Crippen molar-refractivity contribution in [2.24, 2.45) is 5.73 Å². The molecular weight excluding hydrogens is 228 g/mol. The lowest BCUT2D eigenvalue weighted by molar-refractivity contribution is 0.276. The second kappa shape index (κ2) is 5.84.